The van der Waals surface area contributed by atoms with Crippen molar-refractivity contribution in [1.29, 1.82) is 0 Å². The highest BCUT2D eigenvalue weighted by molar-refractivity contribution is 8.00. The molecule has 2 aromatic rings. The molecular formula is C20H22Cl2N2O2S. The van der Waals surface area contributed by atoms with Crippen molar-refractivity contribution in [3.05, 3.63) is 64.1 Å². The van der Waals surface area contributed by atoms with E-state index >= 15 is 0 Å². The molecule has 27 heavy (non-hydrogen) atoms. The Morgan fingerprint density at radius 3 is 2.26 bits per heavy atom. The van der Waals surface area contributed by atoms with Crippen LogP contribution in [-0.2, 0) is 16.1 Å². The van der Waals surface area contributed by atoms with Crippen molar-refractivity contribution in [2.75, 3.05) is 12.8 Å². The Balaban J connectivity index is 2.25. The number of hydrogen-bond acceptors (Lipinski definition) is 3. The number of amides is 2. The van der Waals surface area contributed by atoms with E-state index in [1.54, 1.807) is 30.1 Å². The lowest BCUT2D eigenvalue weighted by molar-refractivity contribution is -0.139. The average Bonchev–Trinajstić information content (AvgIpc) is 2.68. The molecule has 1 atom stereocenters. The van der Waals surface area contributed by atoms with Crippen molar-refractivity contribution in [3.63, 3.8) is 0 Å². The van der Waals surface area contributed by atoms with Gasteiger partial charge in [-0.05, 0) is 30.7 Å². The molecule has 0 radical (unpaired) electrons. The van der Waals surface area contributed by atoms with Crippen LogP contribution in [0.3, 0.4) is 0 Å². The molecular weight excluding hydrogens is 403 g/mol. The van der Waals surface area contributed by atoms with Gasteiger partial charge in [0.15, 0.2) is 0 Å². The predicted octanol–water partition coefficient (Wildman–Crippen LogP) is 4.64. The fourth-order valence-corrected chi connectivity index (χ4v) is 4.01. The Morgan fingerprint density at radius 2 is 1.70 bits per heavy atom. The van der Waals surface area contributed by atoms with Crippen molar-refractivity contribution >= 4 is 46.8 Å². The van der Waals surface area contributed by atoms with E-state index in [1.165, 1.54) is 11.8 Å². The zero-order valence-corrected chi connectivity index (χ0v) is 17.6. The number of nitrogens with one attached hydrogen (secondary N) is 1. The maximum atomic E-state index is 13.0. The Hall–Kier alpha value is -1.69. The number of carbonyl (C=O) groups is 2. The second-order valence-electron chi connectivity index (χ2n) is 5.86. The molecule has 144 valence electrons. The number of hydrogen-bond donors (Lipinski definition) is 1. The molecule has 0 heterocycles. The van der Waals surface area contributed by atoms with E-state index in [1.807, 2.05) is 37.3 Å². The number of halogens is 2. The standard InChI is InChI=1S/C20H22Cl2N2O2S/c1-3-18(20(26)23-2)24(12-15-16(21)10-7-11-17(15)22)19(25)13-27-14-8-5-4-6-9-14/h4-11,18H,3,12-13H2,1-2H3,(H,23,26)/t18-/m0/s1. The third kappa shape index (κ3) is 5.89. The quantitative estimate of drug-likeness (QED) is 0.627. The van der Waals surface area contributed by atoms with E-state index in [-0.39, 0.29) is 24.1 Å². The first-order valence-electron chi connectivity index (χ1n) is 8.59. The van der Waals surface area contributed by atoms with Crippen LogP contribution < -0.4 is 5.32 Å². The van der Waals surface area contributed by atoms with Crippen LogP contribution in [0.25, 0.3) is 0 Å². The molecule has 0 aliphatic carbocycles. The van der Waals surface area contributed by atoms with Crippen molar-refractivity contribution in [2.45, 2.75) is 30.8 Å². The van der Waals surface area contributed by atoms with Crippen LogP contribution in [-0.4, -0.2) is 35.6 Å². The highest BCUT2D eigenvalue weighted by Gasteiger charge is 2.29. The van der Waals surface area contributed by atoms with Gasteiger partial charge in [-0.3, -0.25) is 9.59 Å². The first-order valence-corrected chi connectivity index (χ1v) is 10.3. The van der Waals surface area contributed by atoms with E-state index in [9.17, 15) is 9.59 Å². The summed E-state index contributed by atoms with van der Waals surface area (Å²) in [5.41, 5.74) is 0.640. The number of rotatable bonds is 8. The number of likely N-dealkylation sites (N-methyl/N-ethyl adjacent to an activating group) is 1. The monoisotopic (exact) mass is 424 g/mol. The van der Waals surface area contributed by atoms with Crippen molar-refractivity contribution in [2.24, 2.45) is 0 Å². The summed E-state index contributed by atoms with van der Waals surface area (Å²) >= 11 is 14.0. The average molecular weight is 425 g/mol. The van der Waals surface area contributed by atoms with Gasteiger partial charge in [-0.1, -0.05) is 54.4 Å². The molecule has 0 spiro atoms. The van der Waals surface area contributed by atoms with Gasteiger partial charge in [0.1, 0.15) is 6.04 Å². The van der Waals surface area contributed by atoms with Crippen LogP contribution in [0, 0.1) is 0 Å². The zero-order chi connectivity index (χ0) is 19.8. The Labute approximate surface area is 174 Å². The number of thioether (sulfide) groups is 1. The van der Waals surface area contributed by atoms with Gasteiger partial charge in [-0.2, -0.15) is 0 Å². The van der Waals surface area contributed by atoms with Crippen molar-refractivity contribution in [1.82, 2.24) is 10.2 Å². The summed E-state index contributed by atoms with van der Waals surface area (Å²) in [6, 6.07) is 14.3. The lowest BCUT2D eigenvalue weighted by Gasteiger charge is -2.30. The molecule has 1 N–H and O–H groups in total. The molecule has 0 saturated heterocycles. The van der Waals surface area contributed by atoms with E-state index in [2.05, 4.69) is 5.32 Å². The van der Waals surface area contributed by atoms with Gasteiger partial charge in [0.25, 0.3) is 0 Å². The summed E-state index contributed by atoms with van der Waals surface area (Å²) in [4.78, 5) is 27.9. The minimum absolute atomic E-state index is 0.143. The molecule has 0 bridgehead atoms. The second-order valence-corrected chi connectivity index (χ2v) is 7.73. The molecule has 0 saturated carbocycles. The van der Waals surface area contributed by atoms with Gasteiger partial charge in [0, 0.05) is 34.1 Å². The third-order valence-corrected chi connectivity index (χ3v) is 5.83. The van der Waals surface area contributed by atoms with Crippen LogP contribution >= 0.6 is 35.0 Å². The molecule has 0 aliphatic rings. The molecule has 2 amide bonds. The maximum absolute atomic E-state index is 13.0. The fraction of sp³-hybridized carbons (Fsp3) is 0.300. The molecule has 4 nitrogen and oxygen atoms in total. The van der Waals surface area contributed by atoms with Gasteiger partial charge in [0.05, 0.1) is 5.75 Å². The summed E-state index contributed by atoms with van der Waals surface area (Å²) in [5.74, 6) is -0.131. The molecule has 0 fully saturated rings. The minimum atomic E-state index is -0.591. The van der Waals surface area contributed by atoms with Crippen LogP contribution in [0.2, 0.25) is 10.0 Å². The molecule has 2 aromatic carbocycles. The highest BCUT2D eigenvalue weighted by Crippen LogP contribution is 2.27. The zero-order valence-electron chi connectivity index (χ0n) is 15.2. The van der Waals surface area contributed by atoms with Crippen molar-refractivity contribution in [3.8, 4) is 0 Å². The van der Waals surface area contributed by atoms with Crippen LogP contribution in [0.5, 0.6) is 0 Å². The van der Waals surface area contributed by atoms with Gasteiger partial charge >= 0.3 is 0 Å². The fourth-order valence-electron chi connectivity index (χ4n) is 2.68. The van der Waals surface area contributed by atoms with Gasteiger partial charge in [-0.25, -0.2) is 0 Å². The Kier molecular flexibility index (Phi) is 8.48. The first-order chi connectivity index (χ1) is 13.0. The summed E-state index contributed by atoms with van der Waals surface area (Å²) in [5, 5.41) is 3.58. The topological polar surface area (TPSA) is 49.4 Å². The minimum Gasteiger partial charge on any atom is -0.357 e. The Bertz CT molecular complexity index is 767. The van der Waals surface area contributed by atoms with Crippen LogP contribution in [0.4, 0.5) is 0 Å². The second kappa shape index (κ2) is 10.6. The normalized spacial score (nSPS) is 11.7. The highest BCUT2D eigenvalue weighted by atomic mass is 35.5. The predicted molar refractivity (Wildman–Crippen MR) is 112 cm³/mol. The first kappa shape index (κ1) is 21.6. The van der Waals surface area contributed by atoms with Gasteiger partial charge in [0.2, 0.25) is 11.8 Å². The number of carbonyl (C=O) groups excluding carboxylic acids is 2. The van der Waals surface area contributed by atoms with E-state index < -0.39 is 6.04 Å². The van der Waals surface area contributed by atoms with Gasteiger partial charge in [-0.15, -0.1) is 11.8 Å². The largest absolute Gasteiger partial charge is 0.357 e. The number of nitrogens with zero attached hydrogens (tertiary/aromatic N) is 1. The summed E-state index contributed by atoms with van der Waals surface area (Å²) in [6.07, 6.45) is 0.490. The smallest absolute Gasteiger partial charge is 0.242 e. The van der Waals surface area contributed by atoms with Gasteiger partial charge < -0.3 is 10.2 Å². The summed E-state index contributed by atoms with van der Waals surface area (Å²) in [7, 11) is 1.56. The molecule has 0 aromatic heterocycles. The lowest BCUT2D eigenvalue weighted by Crippen LogP contribution is -2.48. The molecule has 7 heteroatoms. The van der Waals surface area contributed by atoms with E-state index in [4.69, 9.17) is 23.2 Å². The molecule has 0 aliphatic heterocycles. The molecule has 0 unspecified atom stereocenters. The molecule has 2 rings (SSSR count). The van der Waals surface area contributed by atoms with Crippen molar-refractivity contribution < 1.29 is 9.59 Å². The third-order valence-electron chi connectivity index (χ3n) is 4.13. The Morgan fingerprint density at radius 1 is 1.07 bits per heavy atom. The van der Waals surface area contributed by atoms with E-state index in [0.717, 1.165) is 4.90 Å². The van der Waals surface area contributed by atoms with Crippen LogP contribution in [0.15, 0.2) is 53.4 Å². The lowest BCUT2D eigenvalue weighted by atomic mass is 10.1. The number of benzene rings is 2. The maximum Gasteiger partial charge on any atom is 0.242 e. The summed E-state index contributed by atoms with van der Waals surface area (Å²) in [6.45, 7) is 2.05. The van der Waals surface area contributed by atoms with Crippen LogP contribution in [0.1, 0.15) is 18.9 Å². The summed E-state index contributed by atoms with van der Waals surface area (Å²) < 4.78 is 0. The van der Waals surface area contributed by atoms with E-state index in [0.29, 0.717) is 22.0 Å². The SMILES string of the molecule is CC[C@@H](C(=O)NC)N(Cc1c(Cl)cccc1Cl)C(=O)CSc1ccccc1.